The molecule has 1 amide bonds. The first-order valence-electron chi connectivity index (χ1n) is 8.65. The highest BCUT2D eigenvalue weighted by Gasteiger charge is 2.28. The fourth-order valence-corrected chi connectivity index (χ4v) is 3.04. The Hall–Kier alpha value is -2.57. The first kappa shape index (κ1) is 18.8. The number of hydrogen-bond acceptors (Lipinski definition) is 3. The van der Waals surface area contributed by atoms with Crippen LogP contribution in [0.15, 0.2) is 23.2 Å². The molecule has 1 aliphatic heterocycles. The Bertz CT molecular complexity index is 654. The number of carbonyl (C=O) groups is 2. The number of hydrogen-bond donors (Lipinski definition) is 4. The third-order valence-corrected chi connectivity index (χ3v) is 4.36. The number of nitrogens with two attached hydrogens (primary N) is 2. The summed E-state index contributed by atoms with van der Waals surface area (Å²) in [4.78, 5) is 26.8. The van der Waals surface area contributed by atoms with E-state index in [9.17, 15) is 9.59 Å². The minimum atomic E-state index is -0.944. The molecular weight excluding hydrogens is 320 g/mol. The molecule has 136 valence electrons. The van der Waals surface area contributed by atoms with Gasteiger partial charge in [0.2, 0.25) is 5.91 Å². The highest BCUT2D eigenvalue weighted by Crippen LogP contribution is 2.28. The predicted octanol–water partition coefficient (Wildman–Crippen LogP) is 1.65. The van der Waals surface area contributed by atoms with Gasteiger partial charge in [0.05, 0.1) is 12.3 Å². The van der Waals surface area contributed by atoms with Crippen LogP contribution in [0.4, 0.5) is 5.69 Å². The zero-order valence-corrected chi connectivity index (χ0v) is 14.3. The molecule has 0 aromatic heterocycles. The number of guanidine groups is 1. The lowest BCUT2D eigenvalue weighted by molar-refractivity contribution is -0.140. The van der Waals surface area contributed by atoms with Crippen molar-refractivity contribution < 1.29 is 14.7 Å². The highest BCUT2D eigenvalue weighted by atomic mass is 16.4. The van der Waals surface area contributed by atoms with E-state index in [4.69, 9.17) is 16.6 Å². The number of aliphatic carboxylic acids is 1. The highest BCUT2D eigenvalue weighted by molar-refractivity contribution is 5.97. The molecule has 0 saturated heterocycles. The molecule has 2 rings (SSSR count). The maximum Gasteiger partial charge on any atom is 0.304 e. The Morgan fingerprint density at radius 1 is 1.24 bits per heavy atom. The molecule has 1 aliphatic rings. The Labute approximate surface area is 147 Å². The molecule has 0 saturated carbocycles. The van der Waals surface area contributed by atoms with Crippen molar-refractivity contribution in [2.24, 2.45) is 22.4 Å². The van der Waals surface area contributed by atoms with E-state index in [0.717, 1.165) is 43.4 Å². The molecule has 6 N–H and O–H groups in total. The van der Waals surface area contributed by atoms with Crippen molar-refractivity contribution in [2.45, 2.75) is 44.9 Å². The zero-order chi connectivity index (χ0) is 18.2. The minimum absolute atomic E-state index is 0.132. The van der Waals surface area contributed by atoms with Crippen LogP contribution >= 0.6 is 0 Å². The van der Waals surface area contributed by atoms with E-state index in [1.165, 1.54) is 5.56 Å². The summed E-state index contributed by atoms with van der Waals surface area (Å²) in [7, 11) is 0. The van der Waals surface area contributed by atoms with Gasteiger partial charge in [0.15, 0.2) is 5.96 Å². The van der Waals surface area contributed by atoms with Crippen molar-refractivity contribution in [1.82, 2.24) is 0 Å². The van der Waals surface area contributed by atoms with E-state index >= 15 is 0 Å². The maximum atomic E-state index is 12.0. The number of aryl methyl sites for hydroxylation is 1. The van der Waals surface area contributed by atoms with Gasteiger partial charge in [-0.25, -0.2) is 0 Å². The van der Waals surface area contributed by atoms with Crippen molar-refractivity contribution in [3.05, 3.63) is 29.3 Å². The van der Waals surface area contributed by atoms with Crippen molar-refractivity contribution in [3.63, 3.8) is 0 Å². The summed E-state index contributed by atoms with van der Waals surface area (Å²) in [6.45, 7) is 0.671. The third-order valence-electron chi connectivity index (χ3n) is 4.36. The number of anilines is 1. The number of amides is 1. The number of nitrogens with zero attached hydrogens (tertiary/aromatic N) is 1. The fourth-order valence-electron chi connectivity index (χ4n) is 3.04. The van der Waals surface area contributed by atoms with Gasteiger partial charge >= 0.3 is 5.97 Å². The molecule has 1 atom stereocenters. The van der Waals surface area contributed by atoms with Crippen LogP contribution in [0.25, 0.3) is 0 Å². The third kappa shape index (κ3) is 6.10. The Morgan fingerprint density at radius 2 is 2.00 bits per heavy atom. The zero-order valence-electron chi connectivity index (χ0n) is 14.3. The minimum Gasteiger partial charge on any atom is -0.481 e. The van der Waals surface area contributed by atoms with Crippen LogP contribution in [0.2, 0.25) is 0 Å². The van der Waals surface area contributed by atoms with Crippen LogP contribution in [0.3, 0.4) is 0 Å². The maximum absolute atomic E-state index is 12.0. The first-order chi connectivity index (χ1) is 12.0. The number of benzene rings is 1. The molecule has 1 unspecified atom stereocenters. The van der Waals surface area contributed by atoms with Gasteiger partial charge in [-0.15, -0.1) is 0 Å². The summed E-state index contributed by atoms with van der Waals surface area (Å²) in [6.07, 6.45) is 5.52. The summed E-state index contributed by atoms with van der Waals surface area (Å²) >= 11 is 0. The van der Waals surface area contributed by atoms with Crippen LogP contribution < -0.4 is 16.8 Å². The molecular formula is C18H26N4O3. The van der Waals surface area contributed by atoms with Crippen LogP contribution in [0.1, 0.15) is 43.2 Å². The molecule has 0 bridgehead atoms. The molecule has 1 heterocycles. The average Bonchev–Trinajstić information content (AvgIpc) is 2.54. The van der Waals surface area contributed by atoms with Crippen LogP contribution in [-0.2, 0) is 22.4 Å². The van der Waals surface area contributed by atoms with E-state index < -0.39 is 11.9 Å². The number of unbranched alkanes of at least 4 members (excludes halogenated alkanes) is 3. The summed E-state index contributed by atoms with van der Waals surface area (Å²) in [5.74, 6) is -1.49. The lowest BCUT2D eigenvalue weighted by atomic mass is 9.89. The lowest BCUT2D eigenvalue weighted by Crippen LogP contribution is -2.31. The first-order valence-corrected chi connectivity index (χ1v) is 8.65. The number of fused-ring (bicyclic) bond motifs is 1. The number of carboxylic acid groups (broad SMARTS) is 1. The van der Waals surface area contributed by atoms with Gasteiger partial charge in [0, 0.05) is 12.2 Å². The van der Waals surface area contributed by atoms with E-state index in [0.29, 0.717) is 13.0 Å². The lowest BCUT2D eigenvalue weighted by Gasteiger charge is -2.24. The van der Waals surface area contributed by atoms with Crippen LogP contribution in [-0.4, -0.2) is 29.5 Å². The van der Waals surface area contributed by atoms with E-state index in [-0.39, 0.29) is 18.3 Å². The average molecular weight is 346 g/mol. The number of carboxylic acids is 1. The van der Waals surface area contributed by atoms with E-state index in [2.05, 4.69) is 16.4 Å². The summed E-state index contributed by atoms with van der Waals surface area (Å²) in [5, 5.41) is 11.7. The number of rotatable bonds is 9. The van der Waals surface area contributed by atoms with Crippen molar-refractivity contribution in [2.75, 3.05) is 11.9 Å². The monoisotopic (exact) mass is 346 g/mol. The second-order valence-corrected chi connectivity index (χ2v) is 6.45. The predicted molar refractivity (Wildman–Crippen MR) is 97.4 cm³/mol. The van der Waals surface area contributed by atoms with E-state index in [1.807, 2.05) is 12.1 Å². The fraction of sp³-hybridized carbons (Fsp3) is 0.500. The van der Waals surface area contributed by atoms with Crippen LogP contribution in [0, 0.1) is 5.92 Å². The number of carbonyl (C=O) groups excluding carboxylic acids is 1. The number of nitrogens with one attached hydrogen (secondary N) is 1. The van der Waals surface area contributed by atoms with Gasteiger partial charge in [-0.1, -0.05) is 25.0 Å². The molecule has 7 heteroatoms. The molecule has 7 nitrogen and oxygen atoms in total. The Balaban J connectivity index is 1.80. The largest absolute Gasteiger partial charge is 0.481 e. The second kappa shape index (κ2) is 9.05. The van der Waals surface area contributed by atoms with Gasteiger partial charge in [0.1, 0.15) is 0 Å². The molecule has 25 heavy (non-hydrogen) atoms. The van der Waals surface area contributed by atoms with E-state index in [1.54, 1.807) is 0 Å². The standard InChI is InChI=1S/C18H26N4O3/c19-18(20)21-8-4-2-1-3-5-12-6-7-13-10-14(11-16(23)24)17(25)22-15(13)9-12/h6-7,9,14H,1-5,8,10-11H2,(H,22,25)(H,23,24)(H4,19,20,21). The van der Waals surface area contributed by atoms with Gasteiger partial charge in [-0.3, -0.25) is 14.6 Å². The van der Waals surface area contributed by atoms with Crippen LogP contribution in [0.5, 0.6) is 0 Å². The summed E-state index contributed by atoms with van der Waals surface area (Å²) < 4.78 is 0. The Kier molecular flexibility index (Phi) is 6.80. The van der Waals surface area contributed by atoms with Gasteiger partial charge in [-0.05, 0) is 42.9 Å². The van der Waals surface area contributed by atoms with Gasteiger partial charge in [0.25, 0.3) is 0 Å². The molecule has 1 aromatic rings. The molecule has 0 spiro atoms. The van der Waals surface area contributed by atoms with Crippen molar-refractivity contribution >= 4 is 23.5 Å². The molecule has 1 aromatic carbocycles. The smallest absolute Gasteiger partial charge is 0.304 e. The Morgan fingerprint density at radius 3 is 2.72 bits per heavy atom. The van der Waals surface area contributed by atoms with Crippen molar-refractivity contribution in [3.8, 4) is 0 Å². The SMILES string of the molecule is NC(N)=NCCCCCCc1ccc2c(c1)NC(=O)C(CC(=O)O)C2. The summed E-state index contributed by atoms with van der Waals surface area (Å²) in [5.41, 5.74) is 13.6. The number of aliphatic imine (C=N–C) groups is 1. The second-order valence-electron chi connectivity index (χ2n) is 6.45. The van der Waals surface area contributed by atoms with Gasteiger partial charge < -0.3 is 21.9 Å². The molecule has 0 radical (unpaired) electrons. The van der Waals surface area contributed by atoms with Gasteiger partial charge in [-0.2, -0.15) is 0 Å². The quantitative estimate of drug-likeness (QED) is 0.307. The topological polar surface area (TPSA) is 131 Å². The normalized spacial score (nSPS) is 16.0. The van der Waals surface area contributed by atoms with Crippen molar-refractivity contribution in [1.29, 1.82) is 0 Å². The molecule has 0 fully saturated rings. The summed E-state index contributed by atoms with van der Waals surface area (Å²) in [6, 6.07) is 6.06. The molecule has 0 aliphatic carbocycles.